The van der Waals surface area contributed by atoms with Crippen molar-refractivity contribution in [1.29, 1.82) is 0 Å². The molecule has 408 valence electrons. The molecule has 30 nitrogen and oxygen atoms in total. The van der Waals surface area contributed by atoms with Gasteiger partial charge in [0, 0.05) is 37.6 Å². The van der Waals surface area contributed by atoms with Crippen LogP contribution in [0.1, 0.15) is 38.8 Å². The fourth-order valence-corrected chi connectivity index (χ4v) is 10.3. The van der Waals surface area contributed by atoms with E-state index in [4.69, 9.17) is 8.57 Å². The van der Waals surface area contributed by atoms with Gasteiger partial charge in [-0.2, -0.15) is 80.4 Å². The molecule has 6 aromatic rings. The minimum atomic E-state index is -5.06. The zero-order chi connectivity index (χ0) is 56.0. The molecular formula is C40H44N12O18S6. The summed E-state index contributed by atoms with van der Waals surface area (Å²) in [6, 6.07) is 13.7. The van der Waals surface area contributed by atoms with E-state index < -0.39 is 102 Å². The molecule has 0 spiro atoms. The van der Waals surface area contributed by atoms with E-state index in [1.54, 1.807) is 37.5 Å². The van der Waals surface area contributed by atoms with E-state index in [2.05, 4.69) is 51.5 Å². The lowest BCUT2D eigenvalue weighted by Crippen LogP contribution is -2.25. The van der Waals surface area contributed by atoms with Crippen molar-refractivity contribution in [3.8, 4) is 0 Å². The summed E-state index contributed by atoms with van der Waals surface area (Å²) in [4.78, 5) is 24.8. The summed E-state index contributed by atoms with van der Waals surface area (Å²) in [5.74, 6) is -1.58. The van der Waals surface area contributed by atoms with E-state index in [9.17, 15) is 68.7 Å². The lowest BCUT2D eigenvalue weighted by atomic mass is 10.1. The van der Waals surface area contributed by atoms with Crippen molar-refractivity contribution >= 4 is 120 Å². The molecule has 36 heteroatoms. The molecule has 0 aliphatic heterocycles. The van der Waals surface area contributed by atoms with Gasteiger partial charge in [0.05, 0.1) is 19.6 Å². The van der Waals surface area contributed by atoms with Crippen LogP contribution in [0, 0.1) is 0 Å². The SMILES string of the molecule is CCN(CC)c1nc(NOS(=O)(=O)c2ccc(S(=O)(=O)O)cc2)nc(Nc2ccc(C=Cc3ccc(Nc4nc(NOS(=O)(=O)c5ccc(S(=O)(=O)O)cc5)nc(N(CC)CC)n4)cc3S(=O)(=O)O)c(S(=O)(=O)O)c2)n1. The number of rotatable bonds is 24. The van der Waals surface area contributed by atoms with Gasteiger partial charge in [0.1, 0.15) is 9.79 Å². The van der Waals surface area contributed by atoms with Gasteiger partial charge in [-0.15, -0.1) is 8.57 Å². The third kappa shape index (κ3) is 14.8. The second kappa shape index (κ2) is 23.0. The standard InChI is InChI=1S/C40H44N12O18S6/c1-5-51(6-2)39-45-35(43-37(47-39)49-69-75(65,66)31-19-15-29(16-20-31)71(53,54)55)41-27-13-11-25(33(23-27)73(59,60)61)9-10-26-12-14-28(24-34(26)74(62,63)64)42-36-44-38(48-40(46-36)52(7-3)8-4)50-70-76(67,68)32-21-17-30(18-22-32)72(56,57)58/h9-24H,5-8H2,1-4H3,(H,53,54,55)(H,56,57,58)(H,59,60,61)(H,62,63,64)(H2,41,43,45,47,49)(H2,42,44,46,48,50). The van der Waals surface area contributed by atoms with Crippen LogP contribution in [0.15, 0.2) is 114 Å². The minimum absolute atomic E-state index is 0.0142. The monoisotopic (exact) mass is 1170 g/mol. The van der Waals surface area contributed by atoms with E-state index in [0.717, 1.165) is 72.8 Å². The van der Waals surface area contributed by atoms with Crippen molar-refractivity contribution < 1.29 is 77.3 Å². The molecule has 0 bridgehead atoms. The maximum absolute atomic E-state index is 12.9. The average molecular weight is 1170 g/mol. The van der Waals surface area contributed by atoms with Crippen LogP contribution >= 0.6 is 0 Å². The first-order valence-electron chi connectivity index (χ1n) is 21.4. The molecule has 76 heavy (non-hydrogen) atoms. The Morgan fingerprint density at radius 1 is 0.421 bits per heavy atom. The van der Waals surface area contributed by atoms with Crippen LogP contribution in [0.2, 0.25) is 0 Å². The Balaban J connectivity index is 1.26. The largest absolute Gasteiger partial charge is 0.341 e. The van der Waals surface area contributed by atoms with E-state index in [-0.39, 0.29) is 46.3 Å². The molecular weight excluding hydrogens is 1130 g/mol. The predicted octanol–water partition coefficient (Wildman–Crippen LogP) is 3.86. The first kappa shape index (κ1) is 58.2. The topological polar surface area (TPSA) is 436 Å². The highest BCUT2D eigenvalue weighted by atomic mass is 32.2. The molecule has 8 N–H and O–H groups in total. The lowest BCUT2D eigenvalue weighted by Gasteiger charge is -2.20. The van der Waals surface area contributed by atoms with Crippen molar-refractivity contribution in [2.24, 2.45) is 0 Å². The van der Waals surface area contributed by atoms with Crippen LogP contribution in [0.25, 0.3) is 12.2 Å². The molecule has 0 aliphatic rings. The molecule has 0 fully saturated rings. The molecule has 4 aromatic carbocycles. The van der Waals surface area contributed by atoms with Gasteiger partial charge in [-0.05, 0) is 112 Å². The van der Waals surface area contributed by atoms with E-state index in [1.165, 1.54) is 24.3 Å². The normalized spacial score (nSPS) is 12.6. The third-order valence-electron chi connectivity index (χ3n) is 10.2. The number of aromatic nitrogens is 6. The van der Waals surface area contributed by atoms with Gasteiger partial charge in [-0.3, -0.25) is 18.2 Å². The Hall–Kier alpha value is -7.10. The molecule has 2 heterocycles. The van der Waals surface area contributed by atoms with Gasteiger partial charge < -0.3 is 20.4 Å². The maximum Gasteiger partial charge on any atom is 0.317 e. The van der Waals surface area contributed by atoms with Crippen LogP contribution in [0.5, 0.6) is 0 Å². The summed E-state index contributed by atoms with van der Waals surface area (Å²) in [5.41, 5.74) is 3.66. The molecule has 6 rings (SSSR count). The van der Waals surface area contributed by atoms with E-state index >= 15 is 0 Å². The predicted molar refractivity (Wildman–Crippen MR) is 271 cm³/mol. The smallest absolute Gasteiger partial charge is 0.317 e. The quantitative estimate of drug-likeness (QED) is 0.0242. The summed E-state index contributed by atoms with van der Waals surface area (Å²) in [7, 11) is -28.7. The van der Waals surface area contributed by atoms with Gasteiger partial charge in [-0.25, -0.2) is 11.0 Å². The van der Waals surface area contributed by atoms with Gasteiger partial charge in [-0.1, -0.05) is 24.3 Å². The number of anilines is 8. The highest BCUT2D eigenvalue weighted by molar-refractivity contribution is 7.87. The minimum Gasteiger partial charge on any atom is -0.341 e. The number of hydrogen-bond acceptors (Lipinski definition) is 26. The molecule has 0 radical (unpaired) electrons. The summed E-state index contributed by atoms with van der Waals surface area (Å²) < 4.78 is 197. The Kier molecular flexibility index (Phi) is 17.6. The average Bonchev–Trinajstić information content (AvgIpc) is 3.35. The Bertz CT molecular complexity index is 3620. The molecule has 0 aliphatic carbocycles. The van der Waals surface area contributed by atoms with Crippen molar-refractivity contribution in [3.63, 3.8) is 0 Å². The van der Waals surface area contributed by atoms with Crippen molar-refractivity contribution in [1.82, 2.24) is 29.9 Å². The number of hydrogen-bond donors (Lipinski definition) is 8. The summed E-state index contributed by atoms with van der Waals surface area (Å²) >= 11 is 0. The summed E-state index contributed by atoms with van der Waals surface area (Å²) in [6.07, 6.45) is 2.22. The summed E-state index contributed by atoms with van der Waals surface area (Å²) in [5, 5.41) is 5.48. The fraction of sp³-hybridized carbons (Fsp3) is 0.200. The number of nitrogens with zero attached hydrogens (tertiary/aromatic N) is 8. The van der Waals surface area contributed by atoms with Crippen molar-refractivity contribution in [2.75, 3.05) is 57.6 Å². The van der Waals surface area contributed by atoms with Gasteiger partial charge >= 0.3 is 20.2 Å². The number of nitrogens with one attached hydrogen (secondary N) is 4. The Labute approximate surface area is 435 Å². The molecule has 0 saturated heterocycles. The van der Waals surface area contributed by atoms with Crippen molar-refractivity contribution in [3.05, 3.63) is 96.1 Å². The second-order valence-corrected chi connectivity index (χ2v) is 23.8. The number of benzene rings is 4. The zero-order valence-corrected chi connectivity index (χ0v) is 44.5. The van der Waals surface area contributed by atoms with E-state index in [0.29, 0.717) is 26.2 Å². The molecule has 0 saturated carbocycles. The van der Waals surface area contributed by atoms with Crippen molar-refractivity contribution in [2.45, 2.75) is 57.1 Å². The fourth-order valence-electron chi connectivity index (χ4n) is 6.45. The first-order valence-corrected chi connectivity index (χ1v) is 30.0. The molecule has 0 unspecified atom stereocenters. The molecule has 0 atom stereocenters. The maximum atomic E-state index is 12.9. The zero-order valence-electron chi connectivity index (χ0n) is 39.6. The van der Waals surface area contributed by atoms with E-state index in [1.807, 2.05) is 0 Å². The van der Waals surface area contributed by atoms with Gasteiger partial charge in [0.15, 0.2) is 0 Å². The van der Waals surface area contributed by atoms with Crippen LogP contribution in [0.4, 0.5) is 47.1 Å². The molecule has 2 aromatic heterocycles. The van der Waals surface area contributed by atoms with Gasteiger partial charge in [0.2, 0.25) is 23.8 Å². The Morgan fingerprint density at radius 2 is 0.724 bits per heavy atom. The first-order chi connectivity index (χ1) is 35.4. The lowest BCUT2D eigenvalue weighted by molar-refractivity contribution is 0.385. The third-order valence-corrected chi connectivity index (χ3v) is 16.0. The highest BCUT2D eigenvalue weighted by Crippen LogP contribution is 2.29. The van der Waals surface area contributed by atoms with Gasteiger partial charge in [0.25, 0.3) is 52.4 Å². The second-order valence-electron chi connectivity index (χ2n) is 15.1. The summed E-state index contributed by atoms with van der Waals surface area (Å²) in [6.45, 7) is 8.43. The van der Waals surface area contributed by atoms with Crippen LogP contribution in [0.3, 0.4) is 0 Å². The van der Waals surface area contributed by atoms with Crippen LogP contribution in [-0.2, 0) is 69.3 Å². The molecule has 0 amide bonds. The van der Waals surface area contributed by atoms with Crippen LogP contribution < -0.4 is 31.4 Å². The highest BCUT2D eigenvalue weighted by Gasteiger charge is 2.24. The Morgan fingerprint density at radius 3 is 1.01 bits per heavy atom. The van der Waals surface area contributed by atoms with Crippen LogP contribution in [-0.4, -0.2) is 125 Å².